The maximum Gasteiger partial charge on any atom is 0.220 e. The Morgan fingerprint density at radius 1 is 0.923 bits per heavy atom. The molecule has 2 aliphatic rings. The van der Waals surface area contributed by atoms with Gasteiger partial charge in [-0.1, -0.05) is 57.5 Å². The van der Waals surface area contributed by atoms with Gasteiger partial charge < -0.3 is 24.8 Å². The third-order valence-corrected chi connectivity index (χ3v) is 7.67. The highest BCUT2D eigenvalue weighted by molar-refractivity contribution is 5.96. The third kappa shape index (κ3) is 8.29. The number of hydrogen-bond donors (Lipinski definition) is 2. The van der Waals surface area contributed by atoms with Crippen LogP contribution in [0, 0.1) is 0 Å². The molecule has 2 N–H and O–H groups in total. The van der Waals surface area contributed by atoms with E-state index in [1.165, 1.54) is 5.56 Å². The van der Waals surface area contributed by atoms with Gasteiger partial charge in [-0.3, -0.25) is 9.59 Å². The zero-order valence-electron chi connectivity index (χ0n) is 23.7. The Morgan fingerprint density at radius 3 is 2.28 bits per heavy atom. The highest BCUT2D eigenvalue weighted by atomic mass is 16.6. The van der Waals surface area contributed by atoms with Crippen molar-refractivity contribution in [1.29, 1.82) is 0 Å². The first-order chi connectivity index (χ1) is 18.7. The van der Waals surface area contributed by atoms with Crippen molar-refractivity contribution in [3.63, 3.8) is 0 Å². The molecule has 212 valence electrons. The van der Waals surface area contributed by atoms with Crippen molar-refractivity contribution in [3.05, 3.63) is 59.2 Å². The van der Waals surface area contributed by atoms with Crippen molar-refractivity contribution in [2.45, 2.75) is 83.3 Å². The van der Waals surface area contributed by atoms with Crippen LogP contribution >= 0.6 is 0 Å². The van der Waals surface area contributed by atoms with Crippen molar-refractivity contribution in [1.82, 2.24) is 10.2 Å². The summed E-state index contributed by atoms with van der Waals surface area (Å²) in [4.78, 5) is 27.8. The van der Waals surface area contributed by atoms with E-state index in [2.05, 4.69) is 31.0 Å². The number of Topliss-reactive ketones (excluding diaryl/α,β-unsaturated/α-hetero) is 1. The number of carbonyl (C=O) groups excluding carboxylic acids is 2. The van der Waals surface area contributed by atoms with Crippen molar-refractivity contribution < 1.29 is 24.2 Å². The van der Waals surface area contributed by atoms with Gasteiger partial charge in [0.2, 0.25) is 5.91 Å². The molecule has 0 aromatic heterocycles. The van der Waals surface area contributed by atoms with E-state index in [1.54, 1.807) is 0 Å². The number of nitrogens with one attached hydrogen (secondary N) is 1. The smallest absolute Gasteiger partial charge is 0.220 e. The monoisotopic (exact) mass is 536 g/mol. The third-order valence-electron chi connectivity index (χ3n) is 7.67. The summed E-state index contributed by atoms with van der Waals surface area (Å²) < 4.78 is 11.3. The number of ketones is 1. The number of rotatable bonds is 12. The number of benzene rings is 2. The topological polar surface area (TPSA) is 88.1 Å². The average Bonchev–Trinajstić information content (AvgIpc) is 3.44. The van der Waals surface area contributed by atoms with Gasteiger partial charge in [-0.05, 0) is 67.4 Å². The second kappa shape index (κ2) is 13.4. The highest BCUT2D eigenvalue weighted by Crippen LogP contribution is 2.33. The van der Waals surface area contributed by atoms with Gasteiger partial charge in [0.1, 0.15) is 19.3 Å². The van der Waals surface area contributed by atoms with Gasteiger partial charge >= 0.3 is 0 Å². The van der Waals surface area contributed by atoms with Gasteiger partial charge in [-0.25, -0.2) is 0 Å². The number of aliphatic hydroxyl groups excluding tert-OH is 1. The van der Waals surface area contributed by atoms with E-state index in [4.69, 9.17) is 9.47 Å². The van der Waals surface area contributed by atoms with E-state index in [9.17, 15) is 14.7 Å². The van der Waals surface area contributed by atoms with Crippen LogP contribution in [-0.4, -0.2) is 60.6 Å². The Morgan fingerprint density at radius 2 is 1.59 bits per heavy atom. The summed E-state index contributed by atoms with van der Waals surface area (Å²) in [5.74, 6) is 1.38. The molecule has 2 atom stereocenters. The van der Waals surface area contributed by atoms with E-state index in [0.717, 1.165) is 44.3 Å². The van der Waals surface area contributed by atoms with Crippen LogP contribution in [0.1, 0.15) is 93.3 Å². The van der Waals surface area contributed by atoms with E-state index in [1.807, 2.05) is 42.5 Å². The lowest BCUT2D eigenvalue weighted by molar-refractivity contribution is -0.123. The predicted molar refractivity (Wildman–Crippen MR) is 153 cm³/mol. The number of nitrogens with zero attached hydrogens (tertiary/aromatic N) is 1. The highest BCUT2D eigenvalue weighted by Gasteiger charge is 2.27. The minimum Gasteiger partial charge on any atom is -0.486 e. The molecule has 7 heteroatoms. The lowest BCUT2D eigenvalue weighted by Gasteiger charge is -2.29. The van der Waals surface area contributed by atoms with Crippen LogP contribution in [0.4, 0.5) is 0 Å². The van der Waals surface area contributed by atoms with E-state index in [-0.39, 0.29) is 17.1 Å². The first-order valence-electron chi connectivity index (χ1n) is 14.4. The molecule has 0 spiro atoms. The molecule has 39 heavy (non-hydrogen) atoms. The molecule has 4 rings (SSSR count). The molecule has 1 fully saturated rings. The van der Waals surface area contributed by atoms with Crippen molar-refractivity contribution in [2.24, 2.45) is 0 Å². The Kier molecular flexibility index (Phi) is 10.0. The van der Waals surface area contributed by atoms with Crippen LogP contribution in [0.15, 0.2) is 42.5 Å². The van der Waals surface area contributed by atoms with Crippen molar-refractivity contribution in [2.75, 3.05) is 32.8 Å². The van der Waals surface area contributed by atoms with Crippen molar-refractivity contribution >= 4 is 11.7 Å². The number of amides is 1. The van der Waals surface area contributed by atoms with Gasteiger partial charge in [-0.15, -0.1) is 0 Å². The van der Waals surface area contributed by atoms with Crippen LogP contribution in [0.3, 0.4) is 0 Å². The summed E-state index contributed by atoms with van der Waals surface area (Å²) >= 11 is 0. The fourth-order valence-electron chi connectivity index (χ4n) is 5.27. The number of likely N-dealkylation sites (tertiary alicyclic amines) is 1. The fourth-order valence-corrected chi connectivity index (χ4v) is 5.27. The minimum absolute atomic E-state index is 0.0651. The molecule has 2 aliphatic heterocycles. The quantitative estimate of drug-likeness (QED) is 0.286. The number of unbranched alkanes of at least 4 members (excludes halogenated alkanes) is 2. The molecule has 0 bridgehead atoms. The zero-order valence-corrected chi connectivity index (χ0v) is 23.7. The molecule has 2 unspecified atom stereocenters. The van der Waals surface area contributed by atoms with Gasteiger partial charge in [0, 0.05) is 24.9 Å². The molecular weight excluding hydrogens is 492 g/mol. The summed E-state index contributed by atoms with van der Waals surface area (Å²) in [6.45, 7) is 10.0. The molecule has 2 heterocycles. The molecule has 1 amide bonds. The minimum atomic E-state index is -0.854. The first kappa shape index (κ1) is 29.1. The molecule has 0 radical (unpaired) electrons. The number of carbonyl (C=O) groups is 2. The summed E-state index contributed by atoms with van der Waals surface area (Å²) in [5.41, 5.74) is 2.74. The van der Waals surface area contributed by atoms with Crippen LogP contribution in [0.5, 0.6) is 11.5 Å². The number of fused-ring (bicyclic) bond motifs is 1. The second-order valence-electron chi connectivity index (χ2n) is 11.8. The number of aliphatic hydroxyl groups is 1. The Bertz CT molecular complexity index is 1100. The summed E-state index contributed by atoms with van der Waals surface area (Å²) in [7, 11) is 0. The standard InChI is InChI=1S/C32H44N2O5/c1-32(2,3)25-14-11-23(12-15-25)27(35)9-5-4-6-10-30(36)33-26(22-34-17-7-8-18-34)31(37)24-13-16-28-29(21-24)39-20-19-38-28/h11-16,21,26,31,37H,4-10,17-20,22H2,1-3H3,(H,33,36). The molecule has 1 saturated heterocycles. The van der Waals surface area contributed by atoms with Crippen LogP contribution in [0.2, 0.25) is 0 Å². The molecule has 7 nitrogen and oxygen atoms in total. The Labute approximate surface area is 232 Å². The van der Waals surface area contributed by atoms with E-state index >= 15 is 0 Å². The fraction of sp³-hybridized carbons (Fsp3) is 0.562. The molecule has 2 aromatic carbocycles. The van der Waals surface area contributed by atoms with Crippen LogP contribution < -0.4 is 14.8 Å². The average molecular weight is 537 g/mol. The zero-order chi connectivity index (χ0) is 27.8. The maximum atomic E-state index is 12.9. The van der Waals surface area contributed by atoms with Crippen LogP contribution in [-0.2, 0) is 10.2 Å². The molecular formula is C32H44N2O5. The van der Waals surface area contributed by atoms with Gasteiger partial charge in [0.25, 0.3) is 0 Å². The summed E-state index contributed by atoms with van der Waals surface area (Å²) in [5, 5.41) is 14.4. The Balaban J connectivity index is 1.25. The normalized spacial score (nSPS) is 17.0. The summed E-state index contributed by atoms with van der Waals surface area (Å²) in [6.07, 6.45) is 4.55. The molecule has 0 aliphatic carbocycles. The largest absolute Gasteiger partial charge is 0.486 e. The lowest BCUT2D eigenvalue weighted by atomic mass is 9.86. The lowest BCUT2D eigenvalue weighted by Crippen LogP contribution is -2.46. The Hall–Kier alpha value is -2.90. The van der Waals surface area contributed by atoms with Gasteiger partial charge in [0.05, 0.1) is 6.04 Å². The first-order valence-corrected chi connectivity index (χ1v) is 14.4. The SMILES string of the molecule is CC(C)(C)c1ccc(C(=O)CCCCCC(=O)NC(CN2CCCC2)C(O)c2ccc3c(c2)OCCO3)cc1. The van der Waals surface area contributed by atoms with E-state index < -0.39 is 12.1 Å². The van der Waals surface area contributed by atoms with Gasteiger partial charge in [-0.2, -0.15) is 0 Å². The van der Waals surface area contributed by atoms with Gasteiger partial charge in [0.15, 0.2) is 17.3 Å². The predicted octanol–water partition coefficient (Wildman–Crippen LogP) is 5.20. The van der Waals surface area contributed by atoms with Crippen LogP contribution in [0.25, 0.3) is 0 Å². The second-order valence-corrected chi connectivity index (χ2v) is 11.8. The van der Waals surface area contributed by atoms with E-state index in [0.29, 0.717) is 56.1 Å². The summed E-state index contributed by atoms with van der Waals surface area (Å²) in [6, 6.07) is 13.0. The number of ether oxygens (including phenoxy) is 2. The molecule has 2 aromatic rings. The number of hydrogen-bond acceptors (Lipinski definition) is 6. The van der Waals surface area contributed by atoms with Crippen molar-refractivity contribution in [3.8, 4) is 11.5 Å². The molecule has 0 saturated carbocycles. The maximum absolute atomic E-state index is 12.9.